The van der Waals surface area contributed by atoms with Crippen LogP contribution in [0.2, 0.25) is 0 Å². The van der Waals surface area contributed by atoms with E-state index in [0.29, 0.717) is 332 Å². The molecule has 37 heteroatoms. The smallest absolute Gasteiger partial charge is 0.221 e. The summed E-state index contributed by atoms with van der Waals surface area (Å²) in [5, 5.41) is 32.3. The minimum atomic E-state index is -0.206. The molecule has 0 atom stereocenters. The van der Waals surface area contributed by atoms with Crippen LogP contribution in [0.1, 0.15) is 173 Å². The van der Waals surface area contributed by atoms with Crippen molar-refractivity contribution in [3.8, 4) is 0 Å². The highest BCUT2D eigenvalue weighted by atomic mass is 16.2. The molecular weight excluding hydrogens is 1450 g/mol. The number of Topliss-reactive ketones (excluding diaryl/α,β-unsaturated/α-hetero) is 1. The molecule has 113 heavy (non-hydrogen) atoms. The average molecular weight is 1610 g/mol. The average Bonchev–Trinajstić information content (AvgIpc) is 0.923. The fourth-order valence-electron chi connectivity index (χ4n) is 11.7. The van der Waals surface area contributed by atoms with Gasteiger partial charge in [0.05, 0.1) is 0 Å². The second-order valence-corrected chi connectivity index (χ2v) is 28.4. The van der Waals surface area contributed by atoms with Gasteiger partial charge in [-0.2, -0.15) is 0 Å². The van der Waals surface area contributed by atoms with Crippen LogP contribution in [0.15, 0.2) is 0 Å². The van der Waals surface area contributed by atoms with Crippen LogP contribution in [-0.2, 0) is 57.5 Å². The summed E-state index contributed by atoms with van der Waals surface area (Å²) >= 11 is 0. The van der Waals surface area contributed by atoms with Crippen LogP contribution in [0, 0.1) is 0 Å². The van der Waals surface area contributed by atoms with E-state index < -0.39 is 0 Å². The fraction of sp³-hybridized carbons (Fsp3) is 0.842. The number of carbonyl (C=O) groups is 12. The number of unbranched alkanes of at least 4 members (excludes halogenated alkanes) is 1. The van der Waals surface area contributed by atoms with Crippen LogP contribution in [-0.4, -0.2) is 342 Å². The van der Waals surface area contributed by atoms with Crippen LogP contribution in [0.3, 0.4) is 0 Å². The van der Waals surface area contributed by atoms with Crippen LogP contribution in [0.25, 0.3) is 0 Å². The van der Waals surface area contributed by atoms with Gasteiger partial charge in [0.15, 0.2) is 0 Å². The molecule has 37 nitrogen and oxygen atoms in total. The molecule has 0 aromatic rings. The third kappa shape index (κ3) is 69.3. The zero-order chi connectivity index (χ0) is 83.4. The molecule has 0 spiro atoms. The number of hydrogen-bond acceptors (Lipinski definition) is 26. The fourth-order valence-corrected chi connectivity index (χ4v) is 11.7. The van der Waals surface area contributed by atoms with Gasteiger partial charge in [0.25, 0.3) is 0 Å². The van der Waals surface area contributed by atoms with E-state index in [9.17, 15) is 57.5 Å². The Hall–Kier alpha value is -6.72. The maximum absolute atomic E-state index is 13.7. The Bertz CT molecular complexity index is 2090. The highest BCUT2D eigenvalue weighted by molar-refractivity contribution is 5.81. The number of carbonyl (C=O) groups excluding carboxylic acids is 12. The predicted octanol–water partition coefficient (Wildman–Crippen LogP) is -5.15. The van der Waals surface area contributed by atoms with Gasteiger partial charge in [0, 0.05) is 234 Å². The van der Waals surface area contributed by atoms with Crippen molar-refractivity contribution in [2.24, 2.45) is 45.9 Å². The quantitative estimate of drug-likeness (QED) is 0.0253. The summed E-state index contributed by atoms with van der Waals surface area (Å²) in [6, 6.07) is 0. The Balaban J connectivity index is 6.71. The monoisotopic (exact) mass is 1610 g/mol. The number of amides is 11. The number of hydrogen-bond donors (Lipinski definition) is 19. The molecule has 0 rings (SSSR count). The van der Waals surface area contributed by atoms with Crippen LogP contribution in [0.5, 0.6) is 0 Å². The number of nitrogens with one attached hydrogen (secondary N) is 11. The first-order valence-corrected chi connectivity index (χ1v) is 42.1. The molecule has 27 N–H and O–H groups in total. The van der Waals surface area contributed by atoms with E-state index in [-0.39, 0.29) is 141 Å². The van der Waals surface area contributed by atoms with E-state index in [0.717, 1.165) is 12.8 Å². The summed E-state index contributed by atoms with van der Waals surface area (Å²) in [5.74, 6) is -1.51. The Labute approximate surface area is 674 Å². The second kappa shape index (κ2) is 76.6. The van der Waals surface area contributed by atoms with E-state index in [1.165, 1.54) is 0 Å². The zero-order valence-corrected chi connectivity index (χ0v) is 69.0. The Morgan fingerprint density at radius 1 is 0.150 bits per heavy atom. The minimum Gasteiger partial charge on any atom is -0.356 e. The van der Waals surface area contributed by atoms with E-state index in [4.69, 9.17) is 45.9 Å². The molecule has 0 aromatic heterocycles. The molecule has 0 saturated heterocycles. The van der Waals surface area contributed by atoms with Gasteiger partial charge in [-0.15, -0.1) is 0 Å². The lowest BCUT2D eigenvalue weighted by Gasteiger charge is -2.26. The molecular formula is C76H155N25O12. The lowest BCUT2D eigenvalue weighted by molar-refractivity contribution is -0.123. The number of ketones is 1. The van der Waals surface area contributed by atoms with Crippen LogP contribution < -0.4 is 104 Å². The maximum Gasteiger partial charge on any atom is 0.221 e. The third-order valence-corrected chi connectivity index (χ3v) is 18.6. The first-order valence-electron chi connectivity index (χ1n) is 42.1. The number of rotatable bonds is 81. The standard InChI is InChI=1S/C76H155N25O12/c77-28-2-1-15-65(102)16-53-96(54-17-66(103)85-36-3-29-78)47-10-43-92-73(110)24-61-100(62-25-74(111)93-44-11-48-97(55-18-67(104)86-37-4-30-79)56-19-68(105)87-38-5-31-80)51-14-52-101(63-26-75(112)94-45-12-49-98(57-20-69(106)88-39-6-32-81)58-21-70(107)89-40-7-33-82)64-27-76(113)95-46-13-50-99(59-22-71(108)90-41-8-34-83)60-23-72(109)91-42-9-35-84/h1-64,77-84H2,(H,85,103)(H,86,104)(H,87,105)(H,88,106)(H,89,107)(H,90,108)(H,91,109)(H,92,110)(H,93,111)(H,94,112)(H,95,113). The number of nitrogens with zero attached hydrogens (tertiary/aromatic N) is 6. The van der Waals surface area contributed by atoms with Crippen molar-refractivity contribution in [3.63, 3.8) is 0 Å². The molecule has 656 valence electrons. The molecule has 0 aliphatic rings. The van der Waals surface area contributed by atoms with Crippen molar-refractivity contribution in [1.82, 2.24) is 87.9 Å². The van der Waals surface area contributed by atoms with E-state index >= 15 is 0 Å². The number of nitrogens with two attached hydrogens (primary N) is 8. The Morgan fingerprint density at radius 3 is 0.451 bits per heavy atom. The molecule has 0 unspecified atom stereocenters. The van der Waals surface area contributed by atoms with Crippen molar-refractivity contribution in [2.45, 2.75) is 173 Å². The van der Waals surface area contributed by atoms with Crippen molar-refractivity contribution in [1.29, 1.82) is 0 Å². The van der Waals surface area contributed by atoms with E-state index in [1.54, 1.807) is 0 Å². The largest absolute Gasteiger partial charge is 0.356 e. The van der Waals surface area contributed by atoms with Gasteiger partial charge in [0.1, 0.15) is 5.78 Å². The Morgan fingerprint density at radius 2 is 0.292 bits per heavy atom. The first kappa shape index (κ1) is 106. The normalized spacial score (nSPS) is 11.3. The van der Waals surface area contributed by atoms with Crippen molar-refractivity contribution in [2.75, 3.05) is 242 Å². The maximum atomic E-state index is 13.7. The zero-order valence-electron chi connectivity index (χ0n) is 69.0. The van der Waals surface area contributed by atoms with Crippen molar-refractivity contribution in [3.05, 3.63) is 0 Å². The Kier molecular flexibility index (Phi) is 72.0. The highest BCUT2D eigenvalue weighted by Crippen LogP contribution is 2.08. The SMILES string of the molecule is NCCCCC(=O)CCN(CCCNC(=O)CCN(CCCN(CCC(=O)NCCCN(CCC(=O)NCCCN)CCC(=O)NCCCN)CCC(=O)NCCCN(CCC(=O)NCCCN)CCC(=O)NCCCN)CCC(=O)NCCCN(CCC(=O)NCCCN)CCC(=O)NCCCN)CCC(=O)NCCCN. The lowest BCUT2D eigenvalue weighted by Crippen LogP contribution is -2.39. The van der Waals surface area contributed by atoms with Crippen LogP contribution >= 0.6 is 0 Å². The van der Waals surface area contributed by atoms with Gasteiger partial charge in [-0.05, 0) is 182 Å². The molecule has 0 heterocycles. The molecule has 0 aromatic carbocycles. The summed E-state index contributed by atoms with van der Waals surface area (Å²) in [6.45, 7) is 15.9. The molecule has 0 bridgehead atoms. The molecule has 11 amide bonds. The second-order valence-electron chi connectivity index (χ2n) is 28.4. The highest BCUT2D eigenvalue weighted by Gasteiger charge is 2.20. The molecule has 0 radical (unpaired) electrons. The van der Waals surface area contributed by atoms with Gasteiger partial charge in [0.2, 0.25) is 65.0 Å². The summed E-state index contributed by atoms with van der Waals surface area (Å²) < 4.78 is 0. The van der Waals surface area contributed by atoms with Gasteiger partial charge < -0.3 is 134 Å². The van der Waals surface area contributed by atoms with Crippen molar-refractivity contribution >= 4 is 70.8 Å². The molecule has 0 fully saturated rings. The van der Waals surface area contributed by atoms with E-state index in [2.05, 4.69) is 73.2 Å². The lowest BCUT2D eigenvalue weighted by atomic mass is 10.1. The summed E-state index contributed by atoms with van der Waals surface area (Å²) in [7, 11) is 0. The summed E-state index contributed by atoms with van der Waals surface area (Å²) in [4.78, 5) is 168. The van der Waals surface area contributed by atoms with E-state index in [1.807, 2.05) is 14.7 Å². The molecule has 0 aliphatic heterocycles. The van der Waals surface area contributed by atoms with Gasteiger partial charge >= 0.3 is 0 Å². The topological polar surface area (TPSA) is 565 Å². The summed E-state index contributed by atoms with van der Waals surface area (Å²) in [5.41, 5.74) is 45.0. The molecule has 0 aliphatic carbocycles. The minimum absolute atomic E-state index is 0.105. The molecule has 0 saturated carbocycles. The van der Waals surface area contributed by atoms with Gasteiger partial charge in [-0.1, -0.05) is 0 Å². The predicted molar refractivity (Wildman–Crippen MR) is 444 cm³/mol. The third-order valence-electron chi connectivity index (χ3n) is 18.6. The summed E-state index contributed by atoms with van der Waals surface area (Å²) in [6.07, 6.45) is 11.6. The first-order chi connectivity index (χ1) is 54.7. The van der Waals surface area contributed by atoms with Gasteiger partial charge in [-0.3, -0.25) is 57.5 Å². The van der Waals surface area contributed by atoms with Crippen molar-refractivity contribution < 1.29 is 57.5 Å². The van der Waals surface area contributed by atoms with Crippen LogP contribution in [0.4, 0.5) is 0 Å². The van der Waals surface area contributed by atoms with Gasteiger partial charge in [-0.25, -0.2) is 0 Å².